The number of carbonyl (C=O) groups is 1. The van der Waals surface area contributed by atoms with Crippen molar-refractivity contribution in [3.8, 4) is 0 Å². The molecule has 0 aliphatic rings. The smallest absolute Gasteiger partial charge is 0.339 e. The lowest BCUT2D eigenvalue weighted by Gasteiger charge is -2.26. The fourth-order valence-corrected chi connectivity index (χ4v) is 1.68. The zero-order valence-corrected chi connectivity index (χ0v) is 11.2. The molecular weight excluding hydrogens is 272 g/mol. The Kier molecular flexibility index (Phi) is 4.29. The topological polar surface area (TPSA) is 53.4 Å². The minimum Gasteiger partial charge on any atom is -0.478 e. The number of hydrogen-bond acceptors (Lipinski definition) is 3. The van der Waals surface area contributed by atoms with Crippen LogP contribution in [0.15, 0.2) is 16.7 Å². The number of rotatable bonds is 4. The molecule has 0 aliphatic heterocycles. The lowest BCUT2D eigenvalue weighted by molar-refractivity contribution is 0.0697. The van der Waals surface area contributed by atoms with Crippen molar-refractivity contribution in [2.75, 3.05) is 11.9 Å². The van der Waals surface area contributed by atoms with Gasteiger partial charge in [0.2, 0.25) is 0 Å². The van der Waals surface area contributed by atoms with Gasteiger partial charge in [0.25, 0.3) is 0 Å². The monoisotopic (exact) mass is 286 g/mol. The van der Waals surface area contributed by atoms with E-state index in [-0.39, 0.29) is 11.6 Å². The number of hydrogen-bond donors (Lipinski definition) is 1. The Balaban J connectivity index is 3.17. The van der Waals surface area contributed by atoms with E-state index in [1.54, 1.807) is 12.3 Å². The second kappa shape index (κ2) is 5.30. The fraction of sp³-hybridized carbons (Fsp3) is 0.455. The van der Waals surface area contributed by atoms with Gasteiger partial charge in [0, 0.05) is 23.8 Å². The molecule has 0 radical (unpaired) electrons. The average Bonchev–Trinajstić information content (AvgIpc) is 2.26. The Morgan fingerprint density at radius 2 is 2.31 bits per heavy atom. The van der Waals surface area contributed by atoms with E-state index in [0.29, 0.717) is 10.3 Å². The highest BCUT2D eigenvalue weighted by Crippen LogP contribution is 2.22. The molecule has 1 aromatic rings. The number of anilines is 1. The molecule has 1 N–H and O–H groups in total. The fourth-order valence-electron chi connectivity index (χ4n) is 1.35. The summed E-state index contributed by atoms with van der Waals surface area (Å²) in [7, 11) is 1.86. The van der Waals surface area contributed by atoms with Gasteiger partial charge in [0.15, 0.2) is 0 Å². The Bertz CT molecular complexity index is 396. The normalized spacial score (nSPS) is 12.2. The van der Waals surface area contributed by atoms with Crippen LogP contribution in [0, 0.1) is 0 Å². The van der Waals surface area contributed by atoms with Crippen LogP contribution in [0.2, 0.25) is 0 Å². The molecule has 1 heterocycles. The van der Waals surface area contributed by atoms with Gasteiger partial charge in [-0.3, -0.25) is 0 Å². The summed E-state index contributed by atoms with van der Waals surface area (Å²) in [6.07, 6.45) is 2.55. The molecule has 16 heavy (non-hydrogen) atoms. The molecule has 88 valence electrons. The standard InChI is InChI=1S/C11H15BrN2O2/c1-4-7(2)14(3)10-9(11(15)16)5-8(12)6-13-10/h5-7H,4H2,1-3H3,(H,15,16). The van der Waals surface area contributed by atoms with Crippen LogP contribution in [0.5, 0.6) is 0 Å². The summed E-state index contributed by atoms with van der Waals surface area (Å²) in [5.41, 5.74) is 0.220. The van der Waals surface area contributed by atoms with Gasteiger partial charge in [0.05, 0.1) is 0 Å². The number of carboxylic acid groups (broad SMARTS) is 1. The first-order chi connectivity index (χ1) is 7.47. The Morgan fingerprint density at radius 3 is 2.81 bits per heavy atom. The quantitative estimate of drug-likeness (QED) is 0.925. The summed E-state index contributed by atoms with van der Waals surface area (Å²) in [5.74, 6) is -0.455. The molecule has 1 rings (SSSR count). The second-order valence-corrected chi connectivity index (χ2v) is 4.61. The minimum absolute atomic E-state index is 0.220. The maximum atomic E-state index is 11.1. The molecule has 1 unspecified atom stereocenters. The molecule has 5 heteroatoms. The molecule has 0 bridgehead atoms. The molecule has 0 saturated heterocycles. The van der Waals surface area contributed by atoms with Gasteiger partial charge in [-0.25, -0.2) is 9.78 Å². The first-order valence-electron chi connectivity index (χ1n) is 5.09. The largest absolute Gasteiger partial charge is 0.478 e. The van der Waals surface area contributed by atoms with E-state index in [4.69, 9.17) is 5.11 Å². The summed E-state index contributed by atoms with van der Waals surface area (Å²) >= 11 is 3.22. The van der Waals surface area contributed by atoms with Crippen molar-refractivity contribution < 1.29 is 9.90 Å². The molecule has 1 aromatic heterocycles. The summed E-state index contributed by atoms with van der Waals surface area (Å²) < 4.78 is 0.672. The number of aromatic nitrogens is 1. The Labute approximate surface area is 103 Å². The SMILES string of the molecule is CCC(C)N(C)c1ncc(Br)cc1C(=O)O. The van der Waals surface area contributed by atoms with E-state index in [1.807, 2.05) is 18.9 Å². The van der Waals surface area contributed by atoms with Crippen LogP contribution >= 0.6 is 15.9 Å². The third-order valence-electron chi connectivity index (χ3n) is 2.65. The molecular formula is C11H15BrN2O2. The van der Waals surface area contributed by atoms with Gasteiger partial charge < -0.3 is 10.0 Å². The zero-order chi connectivity index (χ0) is 12.3. The summed E-state index contributed by atoms with van der Waals surface area (Å²) in [6, 6.07) is 1.83. The van der Waals surface area contributed by atoms with E-state index in [0.717, 1.165) is 6.42 Å². The highest BCUT2D eigenvalue weighted by molar-refractivity contribution is 9.10. The van der Waals surface area contributed by atoms with Crippen LogP contribution in [0.1, 0.15) is 30.6 Å². The number of aromatic carboxylic acids is 1. The number of pyridine rings is 1. The van der Waals surface area contributed by atoms with E-state index >= 15 is 0 Å². The lowest BCUT2D eigenvalue weighted by atomic mass is 10.2. The summed E-state index contributed by atoms with van der Waals surface area (Å²) in [6.45, 7) is 4.09. The second-order valence-electron chi connectivity index (χ2n) is 3.70. The molecule has 0 saturated carbocycles. The van der Waals surface area contributed by atoms with Crippen LogP contribution in [-0.2, 0) is 0 Å². The van der Waals surface area contributed by atoms with Gasteiger partial charge in [-0.2, -0.15) is 0 Å². The lowest BCUT2D eigenvalue weighted by Crippen LogP contribution is -2.30. The molecule has 1 atom stereocenters. The highest BCUT2D eigenvalue weighted by atomic mass is 79.9. The van der Waals surface area contributed by atoms with Gasteiger partial charge in [0.1, 0.15) is 11.4 Å². The first-order valence-corrected chi connectivity index (χ1v) is 5.88. The van der Waals surface area contributed by atoms with Crippen LogP contribution in [0.25, 0.3) is 0 Å². The predicted molar refractivity (Wildman–Crippen MR) is 67.1 cm³/mol. The molecule has 4 nitrogen and oxygen atoms in total. The number of halogens is 1. The Hall–Kier alpha value is -1.10. The molecule has 0 aliphatic carbocycles. The molecule has 0 aromatic carbocycles. The number of nitrogens with zero attached hydrogens (tertiary/aromatic N) is 2. The number of carboxylic acids is 1. The van der Waals surface area contributed by atoms with Crippen LogP contribution in [-0.4, -0.2) is 29.1 Å². The van der Waals surface area contributed by atoms with Crippen molar-refractivity contribution in [3.63, 3.8) is 0 Å². The Morgan fingerprint density at radius 1 is 1.69 bits per heavy atom. The summed E-state index contributed by atoms with van der Waals surface area (Å²) in [5, 5.41) is 9.11. The first kappa shape index (κ1) is 13.0. The zero-order valence-electron chi connectivity index (χ0n) is 9.57. The van der Waals surface area contributed by atoms with E-state index in [1.165, 1.54) is 0 Å². The third-order valence-corrected chi connectivity index (χ3v) is 3.08. The maximum Gasteiger partial charge on any atom is 0.339 e. The van der Waals surface area contributed by atoms with Crippen molar-refractivity contribution in [2.45, 2.75) is 26.3 Å². The molecule has 0 amide bonds. The van der Waals surface area contributed by atoms with Crippen molar-refractivity contribution >= 4 is 27.7 Å². The van der Waals surface area contributed by atoms with Crippen LogP contribution in [0.3, 0.4) is 0 Å². The van der Waals surface area contributed by atoms with Crippen LogP contribution < -0.4 is 4.90 Å². The van der Waals surface area contributed by atoms with E-state index in [9.17, 15) is 4.79 Å². The third kappa shape index (κ3) is 2.72. The van der Waals surface area contributed by atoms with E-state index in [2.05, 4.69) is 27.8 Å². The van der Waals surface area contributed by atoms with Crippen molar-refractivity contribution in [3.05, 3.63) is 22.3 Å². The van der Waals surface area contributed by atoms with Crippen molar-refractivity contribution in [2.24, 2.45) is 0 Å². The molecule has 0 fully saturated rings. The summed E-state index contributed by atoms with van der Waals surface area (Å²) in [4.78, 5) is 17.2. The predicted octanol–water partition coefficient (Wildman–Crippen LogP) is 2.78. The highest BCUT2D eigenvalue weighted by Gasteiger charge is 2.18. The van der Waals surface area contributed by atoms with Crippen LogP contribution in [0.4, 0.5) is 5.82 Å². The van der Waals surface area contributed by atoms with Gasteiger partial charge >= 0.3 is 5.97 Å². The van der Waals surface area contributed by atoms with Crippen molar-refractivity contribution in [1.29, 1.82) is 0 Å². The van der Waals surface area contributed by atoms with Crippen molar-refractivity contribution in [1.82, 2.24) is 4.98 Å². The average molecular weight is 287 g/mol. The van der Waals surface area contributed by atoms with Gasteiger partial charge in [-0.05, 0) is 35.3 Å². The van der Waals surface area contributed by atoms with Gasteiger partial charge in [-0.1, -0.05) is 6.92 Å². The van der Waals surface area contributed by atoms with Gasteiger partial charge in [-0.15, -0.1) is 0 Å². The maximum absolute atomic E-state index is 11.1. The molecule has 0 spiro atoms. The minimum atomic E-state index is -0.959. The van der Waals surface area contributed by atoms with E-state index < -0.39 is 5.97 Å².